The lowest BCUT2D eigenvalue weighted by atomic mass is 10.3. The van der Waals surface area contributed by atoms with E-state index in [0.717, 1.165) is 0 Å². The molecule has 13 heavy (non-hydrogen) atoms. The molecular formula is C9H9O3S. The maximum Gasteiger partial charge on any atom is 0.197 e. The van der Waals surface area contributed by atoms with Crippen LogP contribution in [0.1, 0.15) is 12.8 Å². The topological polar surface area (TPSA) is 54.0 Å². The monoisotopic (exact) mass is 197 g/mol. The molecule has 3 nitrogen and oxygen atoms in total. The Balaban J connectivity index is 2.51. The van der Waals surface area contributed by atoms with Gasteiger partial charge in [0.05, 0.1) is 5.25 Å². The van der Waals surface area contributed by atoms with Gasteiger partial charge in [0.15, 0.2) is 15.6 Å². The van der Waals surface area contributed by atoms with E-state index >= 15 is 0 Å². The lowest BCUT2D eigenvalue weighted by Gasteiger charge is -2.01. The number of para-hydroxylation sites is 1. The van der Waals surface area contributed by atoms with E-state index in [2.05, 4.69) is 0 Å². The summed E-state index contributed by atoms with van der Waals surface area (Å²) in [5.74, 6) is -0.394. The molecule has 0 unspecified atom stereocenters. The van der Waals surface area contributed by atoms with Gasteiger partial charge >= 0.3 is 0 Å². The van der Waals surface area contributed by atoms with Gasteiger partial charge in [0, 0.05) is 0 Å². The first-order valence-electron chi connectivity index (χ1n) is 4.12. The average Bonchev–Trinajstić information content (AvgIpc) is 2.86. The van der Waals surface area contributed by atoms with Crippen LogP contribution in [-0.4, -0.2) is 13.7 Å². The molecule has 0 amide bonds. The third-order valence-electron chi connectivity index (χ3n) is 2.12. The van der Waals surface area contributed by atoms with Gasteiger partial charge in [-0.1, -0.05) is 12.1 Å². The normalized spacial score (nSPS) is 17.2. The predicted octanol–water partition coefficient (Wildman–Crippen LogP) is 1.77. The molecule has 4 heteroatoms. The third-order valence-corrected chi connectivity index (χ3v) is 4.42. The van der Waals surface area contributed by atoms with Crippen LogP contribution in [-0.2, 0) is 14.9 Å². The Morgan fingerprint density at radius 3 is 2.31 bits per heavy atom. The zero-order valence-electron chi connectivity index (χ0n) is 6.93. The highest BCUT2D eigenvalue weighted by Crippen LogP contribution is 2.36. The van der Waals surface area contributed by atoms with Crippen molar-refractivity contribution in [2.24, 2.45) is 0 Å². The highest BCUT2D eigenvalue weighted by Gasteiger charge is 2.38. The van der Waals surface area contributed by atoms with Crippen LogP contribution in [0.2, 0.25) is 0 Å². The van der Waals surface area contributed by atoms with Crippen molar-refractivity contribution in [2.45, 2.75) is 23.0 Å². The number of hydrogen-bond donors (Lipinski definition) is 0. The van der Waals surface area contributed by atoms with Crippen molar-refractivity contribution in [2.75, 3.05) is 0 Å². The fourth-order valence-electron chi connectivity index (χ4n) is 1.24. The minimum Gasteiger partial charge on any atom is -0.289 e. The van der Waals surface area contributed by atoms with Crippen LogP contribution < -0.4 is 0 Å². The summed E-state index contributed by atoms with van der Waals surface area (Å²) in [6, 6.07) is 5.80. The zero-order valence-corrected chi connectivity index (χ0v) is 7.75. The van der Waals surface area contributed by atoms with E-state index < -0.39 is 15.6 Å². The van der Waals surface area contributed by atoms with Gasteiger partial charge in [-0.05, 0) is 25.0 Å². The largest absolute Gasteiger partial charge is 0.289 e. The fraction of sp³-hybridized carbons (Fsp3) is 0.333. The predicted molar refractivity (Wildman–Crippen MR) is 46.8 cm³/mol. The third kappa shape index (κ3) is 1.42. The van der Waals surface area contributed by atoms with Crippen LogP contribution in [0, 0.1) is 0 Å². The SMILES string of the molecule is [O]c1ccccc1S(=O)(=O)C1CC1. The molecule has 0 saturated heterocycles. The summed E-state index contributed by atoms with van der Waals surface area (Å²) < 4.78 is 23.2. The second kappa shape index (κ2) is 2.73. The summed E-state index contributed by atoms with van der Waals surface area (Å²) in [7, 11) is -3.31. The van der Waals surface area contributed by atoms with Crippen molar-refractivity contribution in [1.29, 1.82) is 0 Å². The van der Waals surface area contributed by atoms with E-state index in [1.807, 2.05) is 0 Å². The van der Waals surface area contributed by atoms with Crippen LogP contribution >= 0.6 is 0 Å². The number of rotatable bonds is 2. The molecule has 0 atom stereocenters. The summed E-state index contributed by atoms with van der Waals surface area (Å²) in [6.07, 6.45) is 1.38. The van der Waals surface area contributed by atoms with Gasteiger partial charge in [-0.25, -0.2) is 8.42 Å². The van der Waals surface area contributed by atoms with Gasteiger partial charge in [0.2, 0.25) is 0 Å². The average molecular weight is 197 g/mol. The van der Waals surface area contributed by atoms with Gasteiger partial charge in [-0.15, -0.1) is 0 Å². The van der Waals surface area contributed by atoms with Crippen LogP contribution in [0.4, 0.5) is 0 Å². The van der Waals surface area contributed by atoms with Gasteiger partial charge in [0.1, 0.15) is 4.90 Å². The van der Waals surface area contributed by atoms with Gasteiger partial charge in [0.25, 0.3) is 0 Å². The van der Waals surface area contributed by atoms with E-state index in [0.29, 0.717) is 12.8 Å². The summed E-state index contributed by atoms with van der Waals surface area (Å²) in [5.41, 5.74) is 0. The highest BCUT2D eigenvalue weighted by atomic mass is 32.2. The Hall–Kier alpha value is -1.03. The number of sulfone groups is 1. The van der Waals surface area contributed by atoms with Crippen LogP contribution in [0.15, 0.2) is 29.2 Å². The Labute approximate surface area is 76.9 Å². The Bertz CT molecular complexity index is 418. The first kappa shape index (κ1) is 8.56. The van der Waals surface area contributed by atoms with Crippen molar-refractivity contribution in [3.8, 4) is 5.75 Å². The summed E-state index contributed by atoms with van der Waals surface area (Å²) in [4.78, 5) is -0.0440. The molecule has 1 radical (unpaired) electrons. The van der Waals surface area contributed by atoms with Gasteiger partial charge in [-0.3, -0.25) is 5.11 Å². The summed E-state index contributed by atoms with van der Waals surface area (Å²) in [6.45, 7) is 0. The minimum absolute atomic E-state index is 0.0440. The van der Waals surface area contributed by atoms with Crippen molar-refractivity contribution in [1.82, 2.24) is 0 Å². The molecule has 1 aromatic carbocycles. The first-order valence-corrected chi connectivity index (χ1v) is 5.67. The minimum atomic E-state index is -3.31. The number of hydrogen-bond acceptors (Lipinski definition) is 2. The van der Waals surface area contributed by atoms with Crippen molar-refractivity contribution < 1.29 is 13.5 Å². The second-order valence-electron chi connectivity index (χ2n) is 3.19. The second-order valence-corrected chi connectivity index (χ2v) is 5.39. The molecule has 0 aromatic heterocycles. The molecule has 0 spiro atoms. The lowest BCUT2D eigenvalue weighted by Crippen LogP contribution is -2.06. The summed E-state index contributed by atoms with van der Waals surface area (Å²) >= 11 is 0. The molecule has 69 valence electrons. The van der Waals surface area contributed by atoms with Crippen LogP contribution in [0.25, 0.3) is 0 Å². The molecule has 1 aliphatic carbocycles. The van der Waals surface area contributed by atoms with E-state index in [-0.39, 0.29) is 10.1 Å². The molecule has 0 bridgehead atoms. The van der Waals surface area contributed by atoms with E-state index in [1.165, 1.54) is 12.1 Å². The van der Waals surface area contributed by atoms with Crippen molar-refractivity contribution in [3.05, 3.63) is 24.3 Å². The smallest absolute Gasteiger partial charge is 0.197 e. The fourth-order valence-corrected chi connectivity index (χ4v) is 2.98. The molecule has 1 saturated carbocycles. The Morgan fingerprint density at radius 1 is 1.15 bits per heavy atom. The summed E-state index contributed by atoms with van der Waals surface area (Å²) in [5, 5.41) is 10.9. The van der Waals surface area contributed by atoms with Crippen molar-refractivity contribution in [3.63, 3.8) is 0 Å². The highest BCUT2D eigenvalue weighted by molar-refractivity contribution is 7.92. The molecule has 1 aliphatic rings. The van der Waals surface area contributed by atoms with E-state index in [1.54, 1.807) is 12.1 Å². The number of benzene rings is 1. The molecule has 2 rings (SSSR count). The zero-order chi connectivity index (χ0) is 9.47. The Morgan fingerprint density at radius 2 is 1.77 bits per heavy atom. The van der Waals surface area contributed by atoms with E-state index in [4.69, 9.17) is 0 Å². The molecule has 1 aromatic rings. The first-order chi connectivity index (χ1) is 6.12. The molecule has 0 N–H and O–H groups in total. The van der Waals surface area contributed by atoms with Gasteiger partial charge in [-0.2, -0.15) is 0 Å². The maximum atomic E-state index is 11.6. The van der Waals surface area contributed by atoms with Crippen LogP contribution in [0.5, 0.6) is 5.75 Å². The Kier molecular flexibility index (Phi) is 1.80. The molecule has 0 aliphatic heterocycles. The lowest BCUT2D eigenvalue weighted by molar-refractivity contribution is 0.343. The molecule has 0 heterocycles. The van der Waals surface area contributed by atoms with Gasteiger partial charge < -0.3 is 0 Å². The standard InChI is InChI=1S/C9H9O3S/c10-8-3-1-2-4-9(8)13(11,12)7-5-6-7/h1-4,7H,5-6H2. The van der Waals surface area contributed by atoms with Crippen molar-refractivity contribution >= 4 is 9.84 Å². The molecular weight excluding hydrogens is 188 g/mol. The quantitative estimate of drug-likeness (QED) is 0.725. The molecule has 1 fully saturated rings. The maximum absolute atomic E-state index is 11.6. The van der Waals surface area contributed by atoms with E-state index in [9.17, 15) is 13.5 Å². The van der Waals surface area contributed by atoms with Crippen LogP contribution in [0.3, 0.4) is 0 Å².